The van der Waals surface area contributed by atoms with E-state index in [0.717, 1.165) is 19.5 Å². The maximum atomic E-state index is 5.62. The van der Waals surface area contributed by atoms with Crippen LogP contribution >= 0.6 is 0 Å². The van der Waals surface area contributed by atoms with Gasteiger partial charge >= 0.3 is 0 Å². The van der Waals surface area contributed by atoms with Gasteiger partial charge in [0.2, 0.25) is 0 Å². The second-order valence-electron chi connectivity index (χ2n) is 4.99. The van der Waals surface area contributed by atoms with Crippen LogP contribution in [0.1, 0.15) is 36.0 Å². The van der Waals surface area contributed by atoms with Crippen LogP contribution in [0, 0.1) is 0 Å². The minimum Gasteiger partial charge on any atom is -0.330 e. The third kappa shape index (κ3) is 2.45. The van der Waals surface area contributed by atoms with Crippen molar-refractivity contribution in [3.05, 3.63) is 34.9 Å². The van der Waals surface area contributed by atoms with Crippen molar-refractivity contribution in [2.24, 2.45) is 5.73 Å². The number of nitrogens with two attached hydrogens (primary N) is 1. The molecule has 1 atom stereocenters. The fourth-order valence-corrected chi connectivity index (χ4v) is 2.44. The Hall–Kier alpha value is -0.860. The fourth-order valence-electron chi connectivity index (χ4n) is 2.44. The van der Waals surface area contributed by atoms with Crippen LogP contribution < -0.4 is 5.73 Å². The standard InChI is InChI=1S/C14H22N2/c1-11(5-7-15)12-3-4-14-10-16(2)8-6-13(14)9-12/h3-4,9,11H,5-8,10,15H2,1-2H3. The molecule has 0 bridgehead atoms. The zero-order chi connectivity index (χ0) is 11.5. The summed E-state index contributed by atoms with van der Waals surface area (Å²) in [4.78, 5) is 2.38. The second-order valence-corrected chi connectivity index (χ2v) is 4.99. The minimum absolute atomic E-state index is 0.593. The highest BCUT2D eigenvalue weighted by atomic mass is 15.1. The number of hydrogen-bond acceptors (Lipinski definition) is 2. The third-order valence-corrected chi connectivity index (χ3v) is 3.60. The van der Waals surface area contributed by atoms with Gasteiger partial charge < -0.3 is 10.6 Å². The number of rotatable bonds is 3. The SMILES string of the molecule is CC(CCN)c1ccc2c(c1)CCN(C)C2. The summed E-state index contributed by atoms with van der Waals surface area (Å²) in [6.07, 6.45) is 2.27. The van der Waals surface area contributed by atoms with Crippen LogP contribution in [0.3, 0.4) is 0 Å². The normalized spacial score (nSPS) is 18.2. The lowest BCUT2D eigenvalue weighted by Crippen LogP contribution is -2.26. The fraction of sp³-hybridized carbons (Fsp3) is 0.571. The van der Waals surface area contributed by atoms with Crippen molar-refractivity contribution in [1.82, 2.24) is 4.90 Å². The van der Waals surface area contributed by atoms with Crippen LogP contribution in [0.15, 0.2) is 18.2 Å². The predicted octanol–water partition coefficient (Wildman–Crippen LogP) is 2.13. The summed E-state index contributed by atoms with van der Waals surface area (Å²) in [6.45, 7) is 5.33. The molecule has 2 heteroatoms. The lowest BCUT2D eigenvalue weighted by molar-refractivity contribution is 0.313. The maximum absolute atomic E-state index is 5.62. The van der Waals surface area contributed by atoms with Gasteiger partial charge in [0.25, 0.3) is 0 Å². The van der Waals surface area contributed by atoms with Crippen molar-refractivity contribution in [3.63, 3.8) is 0 Å². The van der Waals surface area contributed by atoms with E-state index >= 15 is 0 Å². The van der Waals surface area contributed by atoms with E-state index in [0.29, 0.717) is 5.92 Å². The van der Waals surface area contributed by atoms with E-state index in [1.165, 1.54) is 24.1 Å². The summed E-state index contributed by atoms with van der Waals surface area (Å²) in [5.74, 6) is 0.593. The first-order chi connectivity index (χ1) is 7.70. The molecule has 0 amide bonds. The lowest BCUT2D eigenvalue weighted by Gasteiger charge is -2.26. The van der Waals surface area contributed by atoms with Gasteiger partial charge in [0, 0.05) is 13.1 Å². The van der Waals surface area contributed by atoms with Gasteiger partial charge in [0.05, 0.1) is 0 Å². The number of nitrogens with zero attached hydrogens (tertiary/aromatic N) is 1. The van der Waals surface area contributed by atoms with Gasteiger partial charge in [0.15, 0.2) is 0 Å². The van der Waals surface area contributed by atoms with Gasteiger partial charge in [-0.3, -0.25) is 0 Å². The zero-order valence-electron chi connectivity index (χ0n) is 10.4. The Balaban J connectivity index is 2.19. The van der Waals surface area contributed by atoms with E-state index in [2.05, 4.69) is 37.1 Å². The van der Waals surface area contributed by atoms with E-state index in [1.807, 2.05) is 0 Å². The number of hydrogen-bond donors (Lipinski definition) is 1. The molecule has 1 unspecified atom stereocenters. The Labute approximate surface area is 98.4 Å². The van der Waals surface area contributed by atoms with Gasteiger partial charge in [-0.1, -0.05) is 25.1 Å². The van der Waals surface area contributed by atoms with Crippen molar-refractivity contribution in [2.75, 3.05) is 20.1 Å². The van der Waals surface area contributed by atoms with E-state index in [9.17, 15) is 0 Å². The van der Waals surface area contributed by atoms with Crippen molar-refractivity contribution in [1.29, 1.82) is 0 Å². The molecule has 1 aromatic rings. The Morgan fingerprint density at radius 1 is 1.38 bits per heavy atom. The average Bonchev–Trinajstić information content (AvgIpc) is 2.28. The van der Waals surface area contributed by atoms with Crippen LogP contribution in [0.4, 0.5) is 0 Å². The smallest absolute Gasteiger partial charge is 0.0233 e. The molecule has 0 aromatic heterocycles. The molecule has 1 aliphatic rings. The zero-order valence-corrected chi connectivity index (χ0v) is 10.4. The second kappa shape index (κ2) is 4.98. The summed E-state index contributed by atoms with van der Waals surface area (Å²) in [6, 6.07) is 6.97. The molecule has 2 nitrogen and oxygen atoms in total. The van der Waals surface area contributed by atoms with E-state index in [4.69, 9.17) is 5.73 Å². The first-order valence-electron chi connectivity index (χ1n) is 6.21. The molecule has 0 spiro atoms. The molecule has 0 fully saturated rings. The van der Waals surface area contributed by atoms with Crippen molar-refractivity contribution in [3.8, 4) is 0 Å². The van der Waals surface area contributed by atoms with Crippen molar-refractivity contribution < 1.29 is 0 Å². The van der Waals surface area contributed by atoms with E-state index in [1.54, 1.807) is 5.56 Å². The molecule has 0 saturated heterocycles. The Morgan fingerprint density at radius 3 is 2.94 bits per heavy atom. The quantitative estimate of drug-likeness (QED) is 0.842. The van der Waals surface area contributed by atoms with E-state index < -0.39 is 0 Å². The highest BCUT2D eigenvalue weighted by Gasteiger charge is 2.14. The van der Waals surface area contributed by atoms with Crippen LogP contribution in [0.2, 0.25) is 0 Å². The molecular formula is C14H22N2. The topological polar surface area (TPSA) is 29.3 Å². The number of likely N-dealkylation sites (N-methyl/N-ethyl adjacent to an activating group) is 1. The van der Waals surface area contributed by atoms with Gasteiger partial charge in [-0.05, 0) is 49.0 Å². The third-order valence-electron chi connectivity index (χ3n) is 3.60. The van der Waals surface area contributed by atoms with Gasteiger partial charge in [-0.2, -0.15) is 0 Å². The molecule has 0 aliphatic carbocycles. The van der Waals surface area contributed by atoms with Crippen LogP contribution in [0.5, 0.6) is 0 Å². The predicted molar refractivity (Wildman–Crippen MR) is 68.6 cm³/mol. The van der Waals surface area contributed by atoms with Gasteiger partial charge in [-0.25, -0.2) is 0 Å². The molecule has 0 saturated carbocycles. The summed E-state index contributed by atoms with van der Waals surface area (Å²) in [5, 5.41) is 0. The molecule has 88 valence electrons. The molecule has 2 N–H and O–H groups in total. The van der Waals surface area contributed by atoms with E-state index in [-0.39, 0.29) is 0 Å². The van der Waals surface area contributed by atoms with Gasteiger partial charge in [0.1, 0.15) is 0 Å². The lowest BCUT2D eigenvalue weighted by atomic mass is 9.91. The largest absolute Gasteiger partial charge is 0.330 e. The Morgan fingerprint density at radius 2 is 2.19 bits per heavy atom. The summed E-state index contributed by atoms with van der Waals surface area (Å²) < 4.78 is 0. The Bertz CT molecular complexity index is 360. The number of benzene rings is 1. The molecule has 2 rings (SSSR count). The highest BCUT2D eigenvalue weighted by Crippen LogP contribution is 2.24. The highest BCUT2D eigenvalue weighted by molar-refractivity contribution is 5.35. The molecule has 1 aliphatic heterocycles. The molecule has 0 radical (unpaired) electrons. The van der Waals surface area contributed by atoms with Crippen LogP contribution in [0.25, 0.3) is 0 Å². The number of fused-ring (bicyclic) bond motifs is 1. The monoisotopic (exact) mass is 218 g/mol. The minimum atomic E-state index is 0.593. The molecular weight excluding hydrogens is 196 g/mol. The van der Waals surface area contributed by atoms with Crippen molar-refractivity contribution >= 4 is 0 Å². The van der Waals surface area contributed by atoms with Crippen LogP contribution in [-0.2, 0) is 13.0 Å². The molecule has 1 heterocycles. The first-order valence-corrected chi connectivity index (χ1v) is 6.21. The summed E-state index contributed by atoms with van der Waals surface area (Å²) in [7, 11) is 2.19. The first kappa shape index (κ1) is 11.6. The molecule has 16 heavy (non-hydrogen) atoms. The summed E-state index contributed by atoms with van der Waals surface area (Å²) in [5.41, 5.74) is 10.1. The Kier molecular flexibility index (Phi) is 3.62. The summed E-state index contributed by atoms with van der Waals surface area (Å²) >= 11 is 0. The van der Waals surface area contributed by atoms with Crippen molar-refractivity contribution in [2.45, 2.75) is 32.2 Å². The van der Waals surface area contributed by atoms with Crippen LogP contribution in [-0.4, -0.2) is 25.0 Å². The van der Waals surface area contributed by atoms with Gasteiger partial charge in [-0.15, -0.1) is 0 Å². The average molecular weight is 218 g/mol. The maximum Gasteiger partial charge on any atom is 0.0233 e. The molecule has 1 aromatic carbocycles.